The fraction of sp³-hybridized carbons (Fsp3) is 0.621. The minimum absolute atomic E-state index is 0.0384. The van der Waals surface area contributed by atoms with Gasteiger partial charge in [-0.25, -0.2) is 4.74 Å². The van der Waals surface area contributed by atoms with E-state index < -0.39 is 7.36 Å². The van der Waals surface area contributed by atoms with Crippen molar-refractivity contribution in [3.63, 3.8) is 0 Å². The molecule has 0 N–H and O–H groups in total. The van der Waals surface area contributed by atoms with Crippen LogP contribution in [-0.2, 0) is 0 Å². The van der Waals surface area contributed by atoms with Gasteiger partial charge in [0.25, 0.3) is 0 Å². The molecule has 0 radical (unpaired) electrons. The van der Waals surface area contributed by atoms with E-state index in [0.717, 1.165) is 36.7 Å². The van der Waals surface area contributed by atoms with Gasteiger partial charge in [-0.3, -0.25) is 9.34 Å². The molecule has 2 saturated heterocycles. The first-order valence-corrected chi connectivity index (χ1v) is 15.7. The fourth-order valence-corrected chi connectivity index (χ4v) is 11.3. The normalized spacial score (nSPS) is 19.2. The Labute approximate surface area is 219 Å². The molecule has 2 fully saturated rings. The Hall–Kier alpha value is -1.26. The molecular formula is C29H45N4PS. The third-order valence-electron chi connectivity index (χ3n) is 7.76. The van der Waals surface area contributed by atoms with Gasteiger partial charge in [0, 0.05) is 54.0 Å². The largest absolute Gasteiger partial charge is 0.318 e. The Morgan fingerprint density at radius 1 is 0.800 bits per heavy atom. The Balaban J connectivity index is 1.86. The Morgan fingerprint density at radius 3 is 1.74 bits per heavy atom. The minimum Gasteiger partial charge on any atom is -0.318 e. The molecule has 4 nitrogen and oxygen atoms in total. The summed E-state index contributed by atoms with van der Waals surface area (Å²) in [6.07, 6.45) is 10.4. The number of hydrogen-bond acceptors (Lipinski definition) is 1. The maximum absolute atomic E-state index is 6.25. The van der Waals surface area contributed by atoms with Crippen LogP contribution in [0.25, 0.3) is 5.69 Å². The summed E-state index contributed by atoms with van der Waals surface area (Å²) in [5.41, 5.74) is 4.72. The van der Waals surface area contributed by atoms with Gasteiger partial charge in [-0.15, -0.1) is 0 Å². The van der Waals surface area contributed by atoms with Gasteiger partial charge in [-0.1, -0.05) is 76.9 Å². The second-order valence-electron chi connectivity index (χ2n) is 11.3. The molecule has 0 atom stereocenters. The second kappa shape index (κ2) is 11.4. The van der Waals surface area contributed by atoms with Gasteiger partial charge in [-0.05, 0) is 57.7 Å². The molecule has 0 spiro atoms. The zero-order valence-corrected chi connectivity index (χ0v) is 24.3. The van der Waals surface area contributed by atoms with Crippen LogP contribution in [0.4, 0.5) is 0 Å². The molecule has 0 amide bonds. The van der Waals surface area contributed by atoms with Crippen LogP contribution >= 0.6 is 19.6 Å². The van der Waals surface area contributed by atoms with Gasteiger partial charge in [0.1, 0.15) is 12.3 Å². The van der Waals surface area contributed by atoms with Crippen molar-refractivity contribution in [1.82, 2.24) is 13.9 Å². The highest BCUT2D eigenvalue weighted by atomic mass is 32.1. The van der Waals surface area contributed by atoms with Crippen molar-refractivity contribution in [2.24, 2.45) is 4.74 Å². The average Bonchev–Trinajstić information content (AvgIpc) is 3.10. The molecule has 192 valence electrons. The molecule has 0 saturated carbocycles. The van der Waals surface area contributed by atoms with Gasteiger partial charge in [0.05, 0.1) is 0 Å². The predicted octanol–water partition coefficient (Wildman–Crippen LogP) is 8.35. The van der Waals surface area contributed by atoms with Crippen molar-refractivity contribution < 1.29 is 0 Å². The van der Waals surface area contributed by atoms with Gasteiger partial charge < -0.3 is 4.57 Å². The van der Waals surface area contributed by atoms with Gasteiger partial charge >= 0.3 is 0 Å². The molecule has 2 aliphatic rings. The summed E-state index contributed by atoms with van der Waals surface area (Å²) in [7, 11) is -2.06. The Bertz CT molecular complexity index is 1030. The van der Waals surface area contributed by atoms with E-state index in [1.165, 1.54) is 68.4 Å². The zero-order chi connectivity index (χ0) is 25.1. The molecule has 6 heteroatoms. The molecule has 4 rings (SSSR count). The van der Waals surface area contributed by atoms with E-state index >= 15 is 0 Å². The maximum atomic E-state index is 6.25. The molecule has 35 heavy (non-hydrogen) atoms. The zero-order valence-electron chi connectivity index (χ0n) is 22.6. The lowest BCUT2D eigenvalue weighted by atomic mass is 10.2. The topological polar surface area (TPSA) is 23.8 Å². The highest BCUT2D eigenvalue weighted by Crippen LogP contribution is 2.67. The summed E-state index contributed by atoms with van der Waals surface area (Å²) in [6, 6.07) is 12.9. The third kappa shape index (κ3) is 5.54. The molecule has 0 aliphatic carbocycles. The fourth-order valence-electron chi connectivity index (χ4n) is 6.10. The lowest BCUT2D eigenvalue weighted by Gasteiger charge is -2.51. The summed E-state index contributed by atoms with van der Waals surface area (Å²) in [5.74, 6) is 0. The van der Waals surface area contributed by atoms with E-state index in [2.05, 4.69) is 84.9 Å². The molecule has 2 aliphatic heterocycles. The van der Waals surface area contributed by atoms with Crippen LogP contribution in [0.3, 0.4) is 0 Å². The summed E-state index contributed by atoms with van der Waals surface area (Å²) >= 11 is 6.25. The van der Waals surface area contributed by atoms with Crippen LogP contribution < -0.4 is 0 Å². The number of rotatable bonds is 4. The number of para-hydroxylation sites is 1. The van der Waals surface area contributed by atoms with Crippen molar-refractivity contribution in [3.05, 3.63) is 53.3 Å². The van der Waals surface area contributed by atoms with Crippen LogP contribution in [0, 0.1) is 13.8 Å². The summed E-state index contributed by atoms with van der Waals surface area (Å²) in [4.78, 5) is 0.803. The quantitative estimate of drug-likeness (QED) is 0.304. The van der Waals surface area contributed by atoms with Crippen molar-refractivity contribution in [1.29, 1.82) is 0 Å². The van der Waals surface area contributed by atoms with E-state index in [1.54, 1.807) is 0 Å². The predicted molar refractivity (Wildman–Crippen MR) is 156 cm³/mol. The number of hydrogen-bond donors (Lipinski definition) is 0. The van der Waals surface area contributed by atoms with Crippen molar-refractivity contribution in [2.75, 3.05) is 26.2 Å². The Morgan fingerprint density at radius 2 is 1.29 bits per heavy atom. The molecule has 1 aromatic carbocycles. The van der Waals surface area contributed by atoms with Crippen molar-refractivity contribution in [3.8, 4) is 5.69 Å². The van der Waals surface area contributed by atoms with Gasteiger partial charge in [-0.2, -0.15) is 0 Å². The van der Waals surface area contributed by atoms with Crippen molar-refractivity contribution in [2.45, 2.75) is 91.1 Å². The summed E-state index contributed by atoms with van der Waals surface area (Å²) in [6.45, 7) is 16.3. The number of aromatic nitrogens is 1. The smallest absolute Gasteiger partial charge is 0.136 e. The first-order valence-electron chi connectivity index (χ1n) is 13.7. The highest BCUT2D eigenvalue weighted by molar-refractivity contribution is 7.81. The monoisotopic (exact) mass is 512 g/mol. The molecule has 1 aromatic heterocycles. The number of thiocarbonyl (C=S) groups is 1. The third-order valence-corrected chi connectivity index (χ3v) is 12.9. The number of benzene rings is 1. The van der Waals surface area contributed by atoms with E-state index in [0.29, 0.717) is 0 Å². The molecular weight excluding hydrogens is 467 g/mol. The highest BCUT2D eigenvalue weighted by Gasteiger charge is 2.44. The van der Waals surface area contributed by atoms with Crippen LogP contribution in [-0.4, -0.2) is 50.2 Å². The van der Waals surface area contributed by atoms with E-state index in [4.69, 9.17) is 17.0 Å². The van der Waals surface area contributed by atoms with Gasteiger partial charge in [0.2, 0.25) is 0 Å². The Kier molecular flexibility index (Phi) is 8.74. The number of nitrogens with zero attached hydrogens (tertiary/aromatic N) is 4. The van der Waals surface area contributed by atoms with Crippen molar-refractivity contribution >= 4 is 24.6 Å². The first-order chi connectivity index (χ1) is 16.8. The molecule has 2 aromatic rings. The second-order valence-corrected chi connectivity index (χ2v) is 15.5. The molecule has 3 heterocycles. The maximum Gasteiger partial charge on any atom is 0.136 e. The minimum atomic E-state index is -2.06. The summed E-state index contributed by atoms with van der Waals surface area (Å²) < 4.78 is 13.7. The average molecular weight is 513 g/mol. The lowest BCUT2D eigenvalue weighted by Crippen LogP contribution is -2.42. The lowest BCUT2D eigenvalue weighted by molar-refractivity contribution is 0.368. The molecule has 0 unspecified atom stereocenters. The molecule has 0 bridgehead atoms. The van der Waals surface area contributed by atoms with Crippen LogP contribution in [0.5, 0.6) is 0 Å². The standard InChI is InChI=1S/C29H45N4PS/c1-24-23-27(25(2)33(24)26-17-11-10-12-18-26)28(35)30-34(29(3,4)5,31-19-13-6-7-14-20-31)32-21-15-8-9-16-22-32/h10-12,17-18,23H,6-9,13-16,19-22H2,1-5H3. The summed E-state index contributed by atoms with van der Waals surface area (Å²) in [5, 5.41) is 0.0384. The van der Waals surface area contributed by atoms with Crippen LogP contribution in [0.1, 0.15) is 89.1 Å². The van der Waals surface area contributed by atoms with Crippen LogP contribution in [0.2, 0.25) is 0 Å². The number of aryl methyl sites for hydroxylation is 1. The van der Waals surface area contributed by atoms with Crippen LogP contribution in [0.15, 0.2) is 41.1 Å². The SMILES string of the molecule is Cc1cc(C(=S)N=P(N2CCCCCC2)(N2CCCCCC2)C(C)(C)C)c(C)n1-c1ccccc1. The first kappa shape index (κ1) is 26.8. The van der Waals surface area contributed by atoms with E-state index in [9.17, 15) is 0 Å². The van der Waals surface area contributed by atoms with E-state index in [-0.39, 0.29) is 5.16 Å². The van der Waals surface area contributed by atoms with Gasteiger partial charge in [0.15, 0.2) is 0 Å². The van der Waals surface area contributed by atoms with E-state index in [1.807, 2.05) is 0 Å².